The Bertz CT molecular complexity index is 450. The maximum absolute atomic E-state index is 11.9. The number of hydrogen-bond donors (Lipinski definition) is 2. The molecule has 5 heteroatoms. The summed E-state index contributed by atoms with van der Waals surface area (Å²) in [6.45, 7) is 1.84. The van der Waals surface area contributed by atoms with Crippen molar-refractivity contribution in [1.82, 2.24) is 4.90 Å². The minimum atomic E-state index is -0.0122. The molecule has 0 unspecified atom stereocenters. The molecule has 0 aliphatic carbocycles. The average Bonchev–Trinajstić information content (AvgIpc) is 2.93. The van der Waals surface area contributed by atoms with E-state index in [4.69, 9.17) is 4.74 Å². The van der Waals surface area contributed by atoms with Crippen molar-refractivity contribution in [1.29, 1.82) is 0 Å². The molecule has 110 valence electrons. The number of rotatable bonds is 6. The molecule has 2 rings (SSSR count). The Morgan fingerprint density at radius 2 is 2.40 bits per heavy atom. The van der Waals surface area contributed by atoms with Crippen LogP contribution in [0.15, 0.2) is 24.3 Å². The predicted molar refractivity (Wildman–Crippen MR) is 77.9 cm³/mol. The number of anilines is 1. The van der Waals surface area contributed by atoms with Gasteiger partial charge in [-0.3, -0.25) is 9.69 Å². The summed E-state index contributed by atoms with van der Waals surface area (Å²) in [6, 6.07) is 7.54. The van der Waals surface area contributed by atoms with E-state index in [2.05, 4.69) is 10.2 Å². The Morgan fingerprint density at radius 1 is 1.55 bits per heavy atom. The lowest BCUT2D eigenvalue weighted by Gasteiger charge is -2.22. The van der Waals surface area contributed by atoms with Gasteiger partial charge in [0.2, 0.25) is 5.91 Å². The molecule has 0 bridgehead atoms. The lowest BCUT2D eigenvalue weighted by Crippen LogP contribution is -2.34. The second-order valence-electron chi connectivity index (χ2n) is 5.04. The fraction of sp³-hybridized carbons (Fsp3) is 0.533. The molecular formula is C15H22N2O3. The predicted octanol–water partition coefficient (Wildman–Crippen LogP) is 1.48. The molecule has 1 amide bonds. The van der Waals surface area contributed by atoms with Gasteiger partial charge in [0.15, 0.2) is 0 Å². The van der Waals surface area contributed by atoms with Crippen molar-refractivity contribution in [3.8, 4) is 5.75 Å². The largest absolute Gasteiger partial charge is 0.497 e. The zero-order valence-corrected chi connectivity index (χ0v) is 11.8. The van der Waals surface area contributed by atoms with Crippen LogP contribution < -0.4 is 10.1 Å². The van der Waals surface area contributed by atoms with Crippen LogP contribution in [0.4, 0.5) is 5.69 Å². The monoisotopic (exact) mass is 278 g/mol. The van der Waals surface area contributed by atoms with Gasteiger partial charge < -0.3 is 15.2 Å². The molecule has 20 heavy (non-hydrogen) atoms. The summed E-state index contributed by atoms with van der Waals surface area (Å²) in [5, 5.41) is 12.1. The molecule has 1 aromatic carbocycles. The molecule has 0 aromatic heterocycles. The summed E-state index contributed by atoms with van der Waals surface area (Å²) in [5.74, 6) is 0.713. The topological polar surface area (TPSA) is 61.8 Å². The van der Waals surface area contributed by atoms with Gasteiger partial charge in [-0.1, -0.05) is 6.07 Å². The number of nitrogens with zero attached hydrogens (tertiary/aromatic N) is 1. The first-order chi connectivity index (χ1) is 9.72. The Balaban J connectivity index is 1.80. The normalized spacial score (nSPS) is 19.0. The third-order valence-corrected chi connectivity index (χ3v) is 3.69. The molecule has 1 atom stereocenters. The molecule has 0 saturated carbocycles. The van der Waals surface area contributed by atoms with E-state index in [1.807, 2.05) is 18.2 Å². The first kappa shape index (κ1) is 14.8. The number of hydrogen-bond acceptors (Lipinski definition) is 4. The highest BCUT2D eigenvalue weighted by atomic mass is 16.5. The third kappa shape index (κ3) is 3.95. The Morgan fingerprint density at radius 3 is 3.15 bits per heavy atom. The van der Waals surface area contributed by atoms with Crippen molar-refractivity contribution in [2.24, 2.45) is 0 Å². The van der Waals surface area contributed by atoms with Crippen molar-refractivity contribution in [3.05, 3.63) is 24.3 Å². The number of amides is 1. The molecule has 2 N–H and O–H groups in total. The van der Waals surface area contributed by atoms with Gasteiger partial charge in [-0.2, -0.15) is 0 Å². The molecule has 1 fully saturated rings. The number of aliphatic hydroxyl groups is 1. The highest BCUT2D eigenvalue weighted by Crippen LogP contribution is 2.18. The Labute approximate surface area is 119 Å². The second kappa shape index (κ2) is 7.26. The van der Waals surface area contributed by atoms with E-state index in [-0.39, 0.29) is 18.6 Å². The van der Waals surface area contributed by atoms with E-state index in [0.29, 0.717) is 13.0 Å². The molecule has 1 saturated heterocycles. The molecule has 0 radical (unpaired) electrons. The summed E-state index contributed by atoms with van der Waals surface area (Å²) in [5.41, 5.74) is 0.745. The second-order valence-corrected chi connectivity index (χ2v) is 5.04. The Kier molecular flexibility index (Phi) is 5.38. The van der Waals surface area contributed by atoms with Crippen molar-refractivity contribution >= 4 is 11.6 Å². The zero-order chi connectivity index (χ0) is 14.4. The van der Waals surface area contributed by atoms with Crippen LogP contribution in [0.5, 0.6) is 5.75 Å². The maximum atomic E-state index is 11.9. The molecule has 5 nitrogen and oxygen atoms in total. The van der Waals surface area contributed by atoms with Gasteiger partial charge >= 0.3 is 0 Å². The molecule has 1 aliphatic rings. The number of likely N-dealkylation sites (tertiary alicyclic amines) is 1. The lowest BCUT2D eigenvalue weighted by molar-refractivity contribution is -0.116. The van der Waals surface area contributed by atoms with Gasteiger partial charge in [0.1, 0.15) is 5.75 Å². The van der Waals surface area contributed by atoms with Crippen LogP contribution in [0.25, 0.3) is 0 Å². The van der Waals surface area contributed by atoms with Crippen molar-refractivity contribution in [2.45, 2.75) is 25.3 Å². The highest BCUT2D eigenvalue weighted by molar-refractivity contribution is 5.91. The van der Waals surface area contributed by atoms with Crippen molar-refractivity contribution in [3.63, 3.8) is 0 Å². The van der Waals surface area contributed by atoms with Gasteiger partial charge in [-0.25, -0.2) is 0 Å². The van der Waals surface area contributed by atoms with Crippen molar-refractivity contribution < 1.29 is 14.6 Å². The minimum absolute atomic E-state index is 0.0122. The van der Waals surface area contributed by atoms with E-state index in [1.54, 1.807) is 13.2 Å². The first-order valence-corrected chi connectivity index (χ1v) is 7.01. The number of aliphatic hydroxyl groups excluding tert-OH is 1. The fourth-order valence-corrected chi connectivity index (χ4v) is 2.57. The van der Waals surface area contributed by atoms with Gasteiger partial charge in [0, 0.05) is 30.8 Å². The number of carbonyl (C=O) groups excluding carboxylic acids is 1. The fourth-order valence-electron chi connectivity index (χ4n) is 2.57. The van der Waals surface area contributed by atoms with E-state index in [1.165, 1.54) is 0 Å². The van der Waals surface area contributed by atoms with Crippen LogP contribution in [-0.4, -0.2) is 48.8 Å². The molecule has 0 spiro atoms. The lowest BCUT2D eigenvalue weighted by atomic mass is 10.2. The van der Waals surface area contributed by atoms with Crippen LogP contribution >= 0.6 is 0 Å². The number of ether oxygens (including phenoxy) is 1. The maximum Gasteiger partial charge on any atom is 0.225 e. The van der Waals surface area contributed by atoms with Gasteiger partial charge in [-0.15, -0.1) is 0 Å². The van der Waals surface area contributed by atoms with E-state index in [0.717, 1.165) is 30.8 Å². The quantitative estimate of drug-likeness (QED) is 0.827. The Hall–Kier alpha value is -1.59. The van der Waals surface area contributed by atoms with Gasteiger partial charge in [0.25, 0.3) is 0 Å². The van der Waals surface area contributed by atoms with Gasteiger partial charge in [-0.05, 0) is 31.5 Å². The number of methoxy groups -OCH3 is 1. The summed E-state index contributed by atoms with van der Waals surface area (Å²) in [6.07, 6.45) is 2.56. The van der Waals surface area contributed by atoms with Crippen LogP contribution in [0.3, 0.4) is 0 Å². The third-order valence-electron chi connectivity index (χ3n) is 3.69. The minimum Gasteiger partial charge on any atom is -0.497 e. The van der Waals surface area contributed by atoms with E-state index in [9.17, 15) is 9.90 Å². The summed E-state index contributed by atoms with van der Waals surface area (Å²) < 4.78 is 5.12. The molecule has 1 heterocycles. The average molecular weight is 278 g/mol. The highest BCUT2D eigenvalue weighted by Gasteiger charge is 2.23. The van der Waals surface area contributed by atoms with Crippen LogP contribution in [0, 0.1) is 0 Å². The smallest absolute Gasteiger partial charge is 0.225 e. The summed E-state index contributed by atoms with van der Waals surface area (Å²) in [7, 11) is 1.60. The molecule has 1 aliphatic heterocycles. The molecule has 1 aromatic rings. The molecular weight excluding hydrogens is 256 g/mol. The number of nitrogens with one attached hydrogen (secondary N) is 1. The van der Waals surface area contributed by atoms with Crippen molar-refractivity contribution in [2.75, 3.05) is 32.1 Å². The zero-order valence-electron chi connectivity index (χ0n) is 11.8. The van der Waals surface area contributed by atoms with Gasteiger partial charge in [0.05, 0.1) is 13.7 Å². The summed E-state index contributed by atoms with van der Waals surface area (Å²) in [4.78, 5) is 14.1. The first-order valence-electron chi connectivity index (χ1n) is 7.01. The SMILES string of the molecule is COc1cccc(NC(=O)CCN2CCC[C@H]2CO)c1. The van der Waals surface area contributed by atoms with E-state index >= 15 is 0 Å². The van der Waals surface area contributed by atoms with Crippen LogP contribution in [0.2, 0.25) is 0 Å². The standard InChI is InChI=1S/C15H22N2O3/c1-20-14-6-2-4-12(10-14)16-15(19)7-9-17-8-3-5-13(17)11-18/h2,4,6,10,13,18H,3,5,7-9,11H2,1H3,(H,16,19)/t13-/m0/s1. The number of carbonyl (C=O) groups is 1. The number of benzene rings is 1. The van der Waals surface area contributed by atoms with Crippen LogP contribution in [0.1, 0.15) is 19.3 Å². The van der Waals surface area contributed by atoms with Crippen LogP contribution in [-0.2, 0) is 4.79 Å². The van der Waals surface area contributed by atoms with E-state index < -0.39 is 0 Å². The summed E-state index contributed by atoms with van der Waals surface area (Å²) >= 11 is 0.